The van der Waals surface area contributed by atoms with Crippen molar-refractivity contribution in [3.63, 3.8) is 0 Å². The predicted octanol–water partition coefficient (Wildman–Crippen LogP) is 5.15. The standard InChI is InChI=1S/C16H16Cl2O2/c1-12-11-13(17)7-8-15(12)19-9-4-10-20-16-6-3-2-5-14(16)18/h2-3,5-8,11H,4,9-10H2,1H3. The second kappa shape index (κ2) is 7.41. The number of halogens is 2. The minimum atomic E-state index is 0.566. The third kappa shape index (κ3) is 4.32. The first kappa shape index (κ1) is 15.0. The van der Waals surface area contributed by atoms with Crippen LogP contribution in [0.3, 0.4) is 0 Å². The van der Waals surface area contributed by atoms with Gasteiger partial charge in [-0.15, -0.1) is 0 Å². The Balaban J connectivity index is 1.73. The lowest BCUT2D eigenvalue weighted by Crippen LogP contribution is -2.05. The first-order valence-electron chi connectivity index (χ1n) is 6.43. The number of aryl methyl sites for hydroxylation is 1. The maximum atomic E-state index is 6.00. The summed E-state index contributed by atoms with van der Waals surface area (Å²) in [5.41, 5.74) is 1.03. The Bertz CT molecular complexity index is 570. The fourth-order valence-corrected chi connectivity index (χ4v) is 2.18. The highest BCUT2D eigenvalue weighted by atomic mass is 35.5. The van der Waals surface area contributed by atoms with Crippen molar-refractivity contribution in [1.29, 1.82) is 0 Å². The van der Waals surface area contributed by atoms with Gasteiger partial charge in [-0.1, -0.05) is 35.3 Å². The van der Waals surface area contributed by atoms with Gasteiger partial charge in [0, 0.05) is 11.4 Å². The number of para-hydroxylation sites is 1. The molecule has 0 aliphatic heterocycles. The van der Waals surface area contributed by atoms with E-state index >= 15 is 0 Å². The van der Waals surface area contributed by atoms with Crippen LogP contribution < -0.4 is 9.47 Å². The molecule has 2 aromatic carbocycles. The lowest BCUT2D eigenvalue weighted by atomic mass is 10.2. The molecule has 0 saturated heterocycles. The third-order valence-electron chi connectivity index (χ3n) is 2.78. The molecule has 0 unspecified atom stereocenters. The predicted molar refractivity (Wildman–Crippen MR) is 83.2 cm³/mol. The highest BCUT2D eigenvalue weighted by Crippen LogP contribution is 2.24. The topological polar surface area (TPSA) is 18.5 Å². The second-order valence-corrected chi connectivity index (χ2v) is 5.23. The van der Waals surface area contributed by atoms with E-state index in [9.17, 15) is 0 Å². The summed E-state index contributed by atoms with van der Waals surface area (Å²) in [6.45, 7) is 3.13. The minimum absolute atomic E-state index is 0.566. The van der Waals surface area contributed by atoms with Crippen LogP contribution in [0.5, 0.6) is 11.5 Å². The molecule has 0 saturated carbocycles. The summed E-state index contributed by atoms with van der Waals surface area (Å²) in [7, 11) is 0. The SMILES string of the molecule is Cc1cc(Cl)ccc1OCCCOc1ccccc1Cl. The van der Waals surface area contributed by atoms with Crippen LogP contribution in [-0.4, -0.2) is 13.2 Å². The fraction of sp³-hybridized carbons (Fsp3) is 0.250. The zero-order chi connectivity index (χ0) is 14.4. The summed E-state index contributed by atoms with van der Waals surface area (Å²) < 4.78 is 11.3. The normalized spacial score (nSPS) is 10.3. The molecule has 0 radical (unpaired) electrons. The van der Waals surface area contributed by atoms with Gasteiger partial charge in [-0.2, -0.15) is 0 Å². The Morgan fingerprint density at radius 2 is 1.60 bits per heavy atom. The fourth-order valence-electron chi connectivity index (χ4n) is 1.76. The summed E-state index contributed by atoms with van der Waals surface area (Å²) >= 11 is 11.9. The Labute approximate surface area is 129 Å². The molecular weight excluding hydrogens is 295 g/mol. The number of hydrogen-bond acceptors (Lipinski definition) is 2. The third-order valence-corrected chi connectivity index (χ3v) is 3.32. The van der Waals surface area contributed by atoms with Crippen molar-refractivity contribution in [3.05, 3.63) is 58.1 Å². The van der Waals surface area contributed by atoms with Crippen LogP contribution in [0.2, 0.25) is 10.0 Å². The van der Waals surface area contributed by atoms with Crippen LogP contribution in [0, 0.1) is 6.92 Å². The van der Waals surface area contributed by atoms with Gasteiger partial charge >= 0.3 is 0 Å². The van der Waals surface area contributed by atoms with Gasteiger partial charge in [-0.3, -0.25) is 0 Å². The molecule has 0 amide bonds. The van der Waals surface area contributed by atoms with E-state index in [0.717, 1.165) is 22.8 Å². The Kier molecular flexibility index (Phi) is 5.57. The molecule has 106 valence electrons. The van der Waals surface area contributed by atoms with Crippen LogP contribution in [0.1, 0.15) is 12.0 Å². The van der Waals surface area contributed by atoms with E-state index in [4.69, 9.17) is 32.7 Å². The highest BCUT2D eigenvalue weighted by molar-refractivity contribution is 6.32. The zero-order valence-electron chi connectivity index (χ0n) is 11.2. The van der Waals surface area contributed by atoms with Gasteiger partial charge < -0.3 is 9.47 Å². The largest absolute Gasteiger partial charge is 0.493 e. The molecule has 2 aromatic rings. The van der Waals surface area contributed by atoms with Gasteiger partial charge in [0.2, 0.25) is 0 Å². The molecule has 0 bridgehead atoms. The van der Waals surface area contributed by atoms with E-state index in [-0.39, 0.29) is 0 Å². The van der Waals surface area contributed by atoms with Crippen molar-refractivity contribution in [3.8, 4) is 11.5 Å². The van der Waals surface area contributed by atoms with Gasteiger partial charge in [0.1, 0.15) is 11.5 Å². The average Bonchev–Trinajstić information content (AvgIpc) is 2.42. The number of benzene rings is 2. The molecule has 0 fully saturated rings. The van der Waals surface area contributed by atoms with Gasteiger partial charge in [-0.25, -0.2) is 0 Å². The van der Waals surface area contributed by atoms with E-state index in [0.29, 0.717) is 24.0 Å². The lowest BCUT2D eigenvalue weighted by Gasteiger charge is -2.10. The van der Waals surface area contributed by atoms with Gasteiger partial charge in [-0.05, 0) is 42.8 Å². The van der Waals surface area contributed by atoms with Crippen molar-refractivity contribution in [2.24, 2.45) is 0 Å². The summed E-state index contributed by atoms with van der Waals surface area (Å²) in [6, 6.07) is 13.0. The molecule has 4 heteroatoms. The first-order chi connectivity index (χ1) is 9.66. The number of rotatable bonds is 6. The average molecular weight is 311 g/mol. The molecule has 0 aliphatic rings. The van der Waals surface area contributed by atoms with Gasteiger partial charge in [0.25, 0.3) is 0 Å². The summed E-state index contributed by atoms with van der Waals surface area (Å²) in [5.74, 6) is 1.56. The highest BCUT2D eigenvalue weighted by Gasteiger charge is 2.01. The second-order valence-electron chi connectivity index (χ2n) is 4.39. The maximum absolute atomic E-state index is 6.00. The molecule has 2 rings (SSSR count). The molecular formula is C16H16Cl2O2. The molecule has 2 nitrogen and oxygen atoms in total. The number of ether oxygens (including phenoxy) is 2. The van der Waals surface area contributed by atoms with Crippen molar-refractivity contribution < 1.29 is 9.47 Å². The van der Waals surface area contributed by atoms with E-state index in [2.05, 4.69) is 0 Å². The molecule has 0 heterocycles. The lowest BCUT2D eigenvalue weighted by molar-refractivity contribution is 0.246. The maximum Gasteiger partial charge on any atom is 0.137 e. The molecule has 0 aliphatic carbocycles. The van der Waals surface area contributed by atoms with E-state index in [1.165, 1.54) is 0 Å². The Morgan fingerprint density at radius 1 is 0.900 bits per heavy atom. The number of hydrogen-bond donors (Lipinski definition) is 0. The van der Waals surface area contributed by atoms with Crippen LogP contribution in [-0.2, 0) is 0 Å². The molecule has 20 heavy (non-hydrogen) atoms. The van der Waals surface area contributed by atoms with Gasteiger partial charge in [0.05, 0.1) is 18.2 Å². The first-order valence-corrected chi connectivity index (χ1v) is 7.18. The van der Waals surface area contributed by atoms with Crippen LogP contribution in [0.15, 0.2) is 42.5 Å². The summed E-state index contributed by atoms with van der Waals surface area (Å²) in [5, 5.41) is 1.35. The summed E-state index contributed by atoms with van der Waals surface area (Å²) in [6.07, 6.45) is 0.785. The van der Waals surface area contributed by atoms with Crippen LogP contribution >= 0.6 is 23.2 Å². The molecule has 0 N–H and O–H groups in total. The van der Waals surface area contributed by atoms with Crippen molar-refractivity contribution in [1.82, 2.24) is 0 Å². The van der Waals surface area contributed by atoms with E-state index in [1.54, 1.807) is 0 Å². The molecule has 0 spiro atoms. The van der Waals surface area contributed by atoms with Crippen molar-refractivity contribution in [2.75, 3.05) is 13.2 Å². The van der Waals surface area contributed by atoms with Gasteiger partial charge in [0.15, 0.2) is 0 Å². The molecule has 0 atom stereocenters. The van der Waals surface area contributed by atoms with Crippen molar-refractivity contribution >= 4 is 23.2 Å². The Hall–Kier alpha value is -1.38. The van der Waals surface area contributed by atoms with E-state index in [1.807, 2.05) is 49.4 Å². The van der Waals surface area contributed by atoms with Crippen LogP contribution in [0.4, 0.5) is 0 Å². The molecule has 0 aromatic heterocycles. The quantitative estimate of drug-likeness (QED) is 0.687. The monoisotopic (exact) mass is 310 g/mol. The van der Waals surface area contributed by atoms with Crippen molar-refractivity contribution in [2.45, 2.75) is 13.3 Å². The van der Waals surface area contributed by atoms with E-state index < -0.39 is 0 Å². The Morgan fingerprint density at radius 3 is 2.30 bits per heavy atom. The smallest absolute Gasteiger partial charge is 0.137 e. The summed E-state index contributed by atoms with van der Waals surface area (Å²) in [4.78, 5) is 0. The van der Waals surface area contributed by atoms with Crippen LogP contribution in [0.25, 0.3) is 0 Å². The minimum Gasteiger partial charge on any atom is -0.493 e. The zero-order valence-corrected chi connectivity index (χ0v) is 12.7.